The number of nitrogens with one attached hydrogen (secondary N) is 1. The highest BCUT2D eigenvalue weighted by Gasteiger charge is 2.16. The fourth-order valence-corrected chi connectivity index (χ4v) is 2.48. The van der Waals surface area contributed by atoms with Gasteiger partial charge in [0.15, 0.2) is 5.58 Å². The van der Waals surface area contributed by atoms with E-state index in [9.17, 15) is 0 Å². The Morgan fingerprint density at radius 1 is 1.28 bits per heavy atom. The van der Waals surface area contributed by atoms with Crippen LogP contribution in [0.25, 0.3) is 11.0 Å². The van der Waals surface area contributed by atoms with Crippen LogP contribution >= 0.6 is 23.2 Å². The maximum absolute atomic E-state index is 6.15. The van der Waals surface area contributed by atoms with Crippen molar-refractivity contribution in [1.29, 1.82) is 0 Å². The highest BCUT2D eigenvalue weighted by molar-refractivity contribution is 6.44. The van der Waals surface area contributed by atoms with Gasteiger partial charge in [-0.15, -0.1) is 0 Å². The van der Waals surface area contributed by atoms with Gasteiger partial charge in [-0.1, -0.05) is 43.5 Å². The van der Waals surface area contributed by atoms with Gasteiger partial charge in [0.25, 0.3) is 0 Å². The quantitative estimate of drug-likeness (QED) is 0.818. The molecule has 18 heavy (non-hydrogen) atoms. The maximum atomic E-state index is 6.15. The monoisotopic (exact) mass is 285 g/mol. The molecule has 98 valence electrons. The van der Waals surface area contributed by atoms with Crippen LogP contribution in [0.5, 0.6) is 0 Å². The third-order valence-electron chi connectivity index (χ3n) is 2.97. The summed E-state index contributed by atoms with van der Waals surface area (Å²) in [5.41, 5.74) is 0.679. The average molecular weight is 286 g/mol. The van der Waals surface area contributed by atoms with Gasteiger partial charge in [0.2, 0.25) is 0 Å². The van der Waals surface area contributed by atoms with Gasteiger partial charge in [-0.2, -0.15) is 0 Å². The van der Waals surface area contributed by atoms with Crippen LogP contribution in [-0.4, -0.2) is 6.54 Å². The van der Waals surface area contributed by atoms with Crippen LogP contribution in [-0.2, 0) is 0 Å². The molecule has 2 rings (SSSR count). The molecular formula is C14H17Cl2NO. The summed E-state index contributed by atoms with van der Waals surface area (Å²) in [6.07, 6.45) is 2.14. The van der Waals surface area contributed by atoms with Gasteiger partial charge >= 0.3 is 0 Å². The second-order valence-corrected chi connectivity index (χ2v) is 5.11. The number of halogens is 2. The Kier molecular flexibility index (Phi) is 4.55. The molecule has 0 amide bonds. The number of fused-ring (bicyclic) bond motifs is 1. The van der Waals surface area contributed by atoms with Crippen LogP contribution in [0.2, 0.25) is 10.0 Å². The number of benzene rings is 1. The summed E-state index contributed by atoms with van der Waals surface area (Å²) in [6.45, 7) is 5.17. The predicted molar refractivity (Wildman–Crippen MR) is 77.6 cm³/mol. The fraction of sp³-hybridized carbons (Fsp3) is 0.429. The maximum Gasteiger partial charge on any atom is 0.154 e. The van der Waals surface area contributed by atoms with E-state index in [1.807, 2.05) is 12.1 Å². The van der Waals surface area contributed by atoms with Crippen LogP contribution in [0.15, 0.2) is 22.6 Å². The Hall–Kier alpha value is -0.700. The first-order valence-corrected chi connectivity index (χ1v) is 7.03. The highest BCUT2D eigenvalue weighted by atomic mass is 35.5. The van der Waals surface area contributed by atoms with E-state index in [-0.39, 0.29) is 6.04 Å². The standard InChI is InChI=1S/C14H17Cl2NO/c1-3-5-11(17-4-2)12-8-9-6-7-10(15)13(16)14(9)18-12/h6-8,11,17H,3-5H2,1-2H3. The zero-order valence-corrected chi connectivity index (χ0v) is 12.1. The molecule has 0 aliphatic carbocycles. The summed E-state index contributed by atoms with van der Waals surface area (Å²) in [5, 5.41) is 5.44. The molecule has 0 aliphatic heterocycles. The third kappa shape index (κ3) is 2.66. The average Bonchev–Trinajstić information content (AvgIpc) is 2.78. The zero-order chi connectivity index (χ0) is 13.1. The molecule has 0 saturated carbocycles. The molecule has 0 spiro atoms. The summed E-state index contributed by atoms with van der Waals surface area (Å²) in [5.74, 6) is 0.929. The Labute approximate surface area is 117 Å². The van der Waals surface area contributed by atoms with Gasteiger partial charge in [0.1, 0.15) is 10.8 Å². The van der Waals surface area contributed by atoms with Crippen LogP contribution in [0.1, 0.15) is 38.5 Å². The van der Waals surface area contributed by atoms with E-state index < -0.39 is 0 Å². The van der Waals surface area contributed by atoms with Crippen molar-refractivity contribution in [1.82, 2.24) is 5.32 Å². The number of hydrogen-bond donors (Lipinski definition) is 1. The van der Waals surface area contributed by atoms with Crippen molar-refractivity contribution in [2.75, 3.05) is 6.54 Å². The first-order valence-electron chi connectivity index (χ1n) is 6.28. The van der Waals surface area contributed by atoms with Gasteiger partial charge in [-0.3, -0.25) is 0 Å². The normalized spacial score (nSPS) is 13.1. The van der Waals surface area contributed by atoms with Crippen molar-refractivity contribution in [2.45, 2.75) is 32.7 Å². The van der Waals surface area contributed by atoms with E-state index in [1.165, 1.54) is 0 Å². The lowest BCUT2D eigenvalue weighted by molar-refractivity contribution is 0.414. The first kappa shape index (κ1) is 13.7. The molecule has 0 fully saturated rings. The lowest BCUT2D eigenvalue weighted by Gasteiger charge is -2.13. The van der Waals surface area contributed by atoms with Gasteiger partial charge in [-0.25, -0.2) is 0 Å². The molecule has 1 unspecified atom stereocenters. The summed E-state index contributed by atoms with van der Waals surface area (Å²) >= 11 is 12.1. The number of furan rings is 1. The lowest BCUT2D eigenvalue weighted by atomic mass is 10.1. The topological polar surface area (TPSA) is 25.2 Å². The van der Waals surface area contributed by atoms with Crippen LogP contribution in [0.4, 0.5) is 0 Å². The number of rotatable bonds is 5. The van der Waals surface area contributed by atoms with E-state index in [0.29, 0.717) is 15.6 Å². The molecule has 2 nitrogen and oxygen atoms in total. The zero-order valence-electron chi connectivity index (χ0n) is 10.6. The summed E-state index contributed by atoms with van der Waals surface area (Å²) in [6, 6.07) is 6.02. The second kappa shape index (κ2) is 5.96. The predicted octanol–water partition coefficient (Wildman–Crippen LogP) is 5.19. The third-order valence-corrected chi connectivity index (χ3v) is 3.76. The molecule has 0 bridgehead atoms. The van der Waals surface area contributed by atoms with Crippen LogP contribution in [0.3, 0.4) is 0 Å². The highest BCUT2D eigenvalue weighted by Crippen LogP contribution is 2.35. The van der Waals surface area contributed by atoms with Crippen molar-refractivity contribution in [3.63, 3.8) is 0 Å². The first-order chi connectivity index (χ1) is 8.67. The van der Waals surface area contributed by atoms with Crippen LogP contribution in [0, 0.1) is 0 Å². The Morgan fingerprint density at radius 3 is 2.72 bits per heavy atom. The second-order valence-electron chi connectivity index (χ2n) is 4.33. The SMILES string of the molecule is CCCC(NCC)c1cc2ccc(Cl)c(Cl)c2o1. The minimum atomic E-state index is 0.238. The molecule has 0 saturated heterocycles. The molecule has 4 heteroatoms. The van der Waals surface area contributed by atoms with Crippen LogP contribution < -0.4 is 5.32 Å². The summed E-state index contributed by atoms with van der Waals surface area (Å²) < 4.78 is 5.87. The smallest absolute Gasteiger partial charge is 0.154 e. The van der Waals surface area contributed by atoms with E-state index in [0.717, 1.165) is 30.5 Å². The minimum absolute atomic E-state index is 0.238. The molecule has 0 aliphatic rings. The van der Waals surface area contributed by atoms with E-state index in [4.69, 9.17) is 27.6 Å². The molecule has 1 heterocycles. The fourth-order valence-electron chi connectivity index (χ4n) is 2.12. The Bertz CT molecular complexity index is 530. The van der Waals surface area contributed by atoms with Gasteiger partial charge in [0.05, 0.1) is 11.1 Å². The van der Waals surface area contributed by atoms with E-state index >= 15 is 0 Å². The molecule has 0 radical (unpaired) electrons. The summed E-state index contributed by atoms with van der Waals surface area (Å²) in [7, 11) is 0. The van der Waals surface area contributed by atoms with Gasteiger partial charge in [-0.05, 0) is 31.2 Å². The molecule has 1 atom stereocenters. The van der Waals surface area contributed by atoms with Crippen molar-refractivity contribution < 1.29 is 4.42 Å². The molecule has 1 N–H and O–H groups in total. The van der Waals surface area contributed by atoms with E-state index in [1.54, 1.807) is 6.07 Å². The van der Waals surface area contributed by atoms with Crippen molar-refractivity contribution >= 4 is 34.2 Å². The van der Waals surface area contributed by atoms with Gasteiger partial charge in [0, 0.05) is 5.39 Å². The van der Waals surface area contributed by atoms with Gasteiger partial charge < -0.3 is 9.73 Å². The molecule has 2 aromatic rings. The lowest BCUT2D eigenvalue weighted by Crippen LogP contribution is -2.20. The number of hydrogen-bond acceptors (Lipinski definition) is 2. The van der Waals surface area contributed by atoms with Crippen molar-refractivity contribution in [3.8, 4) is 0 Å². The Morgan fingerprint density at radius 2 is 2.06 bits per heavy atom. The molecule has 1 aromatic carbocycles. The van der Waals surface area contributed by atoms with Crippen molar-refractivity contribution in [2.24, 2.45) is 0 Å². The van der Waals surface area contributed by atoms with E-state index in [2.05, 4.69) is 19.2 Å². The van der Waals surface area contributed by atoms with Crippen molar-refractivity contribution in [3.05, 3.63) is 34.0 Å². The molecule has 1 aromatic heterocycles. The molecular weight excluding hydrogens is 269 g/mol. The Balaban J connectivity index is 2.42. The minimum Gasteiger partial charge on any atom is -0.458 e. The summed E-state index contributed by atoms with van der Waals surface area (Å²) in [4.78, 5) is 0. The largest absolute Gasteiger partial charge is 0.458 e.